The minimum atomic E-state index is -0.421. The van der Waals surface area contributed by atoms with E-state index in [9.17, 15) is 14.7 Å². The molecule has 1 atom stereocenters. The fourth-order valence-electron chi connectivity index (χ4n) is 2.24. The fraction of sp³-hybridized carbons (Fsp3) is 0.579. The van der Waals surface area contributed by atoms with E-state index >= 15 is 0 Å². The van der Waals surface area contributed by atoms with Crippen LogP contribution < -0.4 is 10.6 Å². The molecule has 0 saturated carbocycles. The molecule has 0 radical (unpaired) electrons. The van der Waals surface area contributed by atoms with Crippen molar-refractivity contribution in [2.24, 2.45) is 11.3 Å². The first-order valence-electron chi connectivity index (χ1n) is 8.42. The normalized spacial score (nSPS) is 12.8. The first kappa shape index (κ1) is 20.2. The highest BCUT2D eigenvalue weighted by Crippen LogP contribution is 2.13. The van der Waals surface area contributed by atoms with Crippen LogP contribution in [0.2, 0.25) is 0 Å². The predicted molar refractivity (Wildman–Crippen MR) is 95.5 cm³/mol. The summed E-state index contributed by atoms with van der Waals surface area (Å²) in [6.45, 7) is 10.1. The van der Waals surface area contributed by atoms with E-state index in [-0.39, 0.29) is 24.5 Å². The van der Waals surface area contributed by atoms with Crippen molar-refractivity contribution in [2.45, 2.75) is 53.6 Å². The third kappa shape index (κ3) is 6.71. The highest BCUT2D eigenvalue weighted by molar-refractivity contribution is 5.94. The molecule has 0 saturated heterocycles. The zero-order chi connectivity index (χ0) is 18.3. The maximum Gasteiger partial charge on any atom is 0.251 e. The number of aliphatic hydroxyl groups excluding tert-OH is 1. The van der Waals surface area contributed by atoms with E-state index in [4.69, 9.17) is 0 Å². The largest absolute Gasteiger partial charge is 0.394 e. The van der Waals surface area contributed by atoms with E-state index in [1.807, 2.05) is 32.9 Å². The summed E-state index contributed by atoms with van der Waals surface area (Å²) < 4.78 is 0. The molecule has 3 N–H and O–H groups in total. The van der Waals surface area contributed by atoms with Gasteiger partial charge < -0.3 is 15.7 Å². The van der Waals surface area contributed by atoms with E-state index in [1.54, 1.807) is 12.1 Å². The monoisotopic (exact) mass is 334 g/mol. The van der Waals surface area contributed by atoms with Crippen molar-refractivity contribution >= 4 is 11.8 Å². The molecule has 0 aliphatic heterocycles. The molecule has 5 heteroatoms. The Morgan fingerprint density at radius 3 is 2.17 bits per heavy atom. The van der Waals surface area contributed by atoms with Crippen molar-refractivity contribution in [3.05, 3.63) is 35.4 Å². The molecule has 5 nitrogen and oxygen atoms in total. The molecule has 134 valence electrons. The van der Waals surface area contributed by atoms with E-state index in [2.05, 4.69) is 24.5 Å². The van der Waals surface area contributed by atoms with Crippen molar-refractivity contribution in [3.8, 4) is 0 Å². The summed E-state index contributed by atoms with van der Waals surface area (Å²) >= 11 is 0. The number of nitrogens with one attached hydrogen (secondary N) is 2. The Morgan fingerprint density at radius 1 is 1.12 bits per heavy atom. The highest BCUT2D eigenvalue weighted by Gasteiger charge is 2.20. The molecule has 0 spiro atoms. The minimum Gasteiger partial charge on any atom is -0.394 e. The van der Waals surface area contributed by atoms with Crippen LogP contribution in [-0.4, -0.2) is 29.6 Å². The standard InChI is InChI=1S/C19H30N2O3/c1-13(2)10-16(12-22)21-17(23)15-8-6-14(7-9-15)11-20-18(24)19(3,4)5/h6-9,13,16,22H,10-12H2,1-5H3,(H,20,24)(H,21,23). The Hall–Kier alpha value is -1.88. The first-order valence-corrected chi connectivity index (χ1v) is 8.42. The van der Waals surface area contributed by atoms with Crippen molar-refractivity contribution in [3.63, 3.8) is 0 Å². The van der Waals surface area contributed by atoms with Crippen LogP contribution in [0.1, 0.15) is 57.0 Å². The molecule has 0 heterocycles. The Balaban J connectivity index is 2.60. The average Bonchev–Trinajstić information content (AvgIpc) is 2.50. The van der Waals surface area contributed by atoms with Gasteiger partial charge in [-0.2, -0.15) is 0 Å². The van der Waals surface area contributed by atoms with Gasteiger partial charge in [-0.1, -0.05) is 46.8 Å². The van der Waals surface area contributed by atoms with Crippen molar-refractivity contribution in [1.29, 1.82) is 0 Å². The number of rotatable bonds is 7. The molecule has 2 amide bonds. The van der Waals surface area contributed by atoms with Crippen molar-refractivity contribution in [2.75, 3.05) is 6.61 Å². The molecule has 0 aromatic heterocycles. The molecule has 0 fully saturated rings. The summed E-state index contributed by atoms with van der Waals surface area (Å²) in [4.78, 5) is 24.1. The van der Waals surface area contributed by atoms with Crippen LogP contribution in [0.5, 0.6) is 0 Å². The predicted octanol–water partition coefficient (Wildman–Crippen LogP) is 2.49. The summed E-state index contributed by atoms with van der Waals surface area (Å²) in [5, 5.41) is 15.1. The van der Waals surface area contributed by atoms with Gasteiger partial charge in [0.2, 0.25) is 5.91 Å². The first-order chi connectivity index (χ1) is 11.1. The summed E-state index contributed by atoms with van der Waals surface area (Å²) in [6, 6.07) is 6.89. The summed E-state index contributed by atoms with van der Waals surface area (Å²) in [5.74, 6) is 0.194. The van der Waals surface area contributed by atoms with Crippen molar-refractivity contribution in [1.82, 2.24) is 10.6 Å². The second kappa shape index (κ2) is 8.83. The van der Waals surface area contributed by atoms with Gasteiger partial charge in [0, 0.05) is 17.5 Å². The van der Waals surface area contributed by atoms with Gasteiger partial charge in [0.1, 0.15) is 0 Å². The van der Waals surface area contributed by atoms with Gasteiger partial charge in [-0.3, -0.25) is 9.59 Å². The Bertz CT molecular complexity index is 545. The van der Waals surface area contributed by atoms with Crippen LogP contribution in [0.3, 0.4) is 0 Å². The Kier molecular flexibility index (Phi) is 7.42. The number of amides is 2. The van der Waals surface area contributed by atoms with Crippen molar-refractivity contribution < 1.29 is 14.7 Å². The lowest BCUT2D eigenvalue weighted by Crippen LogP contribution is -2.38. The van der Waals surface area contributed by atoms with Gasteiger partial charge in [-0.05, 0) is 30.0 Å². The van der Waals surface area contributed by atoms with Crippen LogP contribution in [0.15, 0.2) is 24.3 Å². The molecular formula is C19H30N2O3. The second-order valence-electron chi connectivity index (χ2n) is 7.61. The Morgan fingerprint density at radius 2 is 1.71 bits per heavy atom. The lowest BCUT2D eigenvalue weighted by atomic mass is 9.95. The zero-order valence-corrected chi connectivity index (χ0v) is 15.3. The summed E-state index contributed by atoms with van der Waals surface area (Å²) in [6.07, 6.45) is 0.735. The lowest BCUT2D eigenvalue weighted by molar-refractivity contribution is -0.128. The van der Waals surface area contributed by atoms with Gasteiger partial charge in [0.25, 0.3) is 5.91 Å². The number of benzene rings is 1. The van der Waals surface area contributed by atoms with Crippen LogP contribution in [0.4, 0.5) is 0 Å². The molecule has 1 aromatic rings. The second-order valence-corrected chi connectivity index (χ2v) is 7.61. The van der Waals surface area contributed by atoms with E-state index in [0.717, 1.165) is 12.0 Å². The van der Waals surface area contributed by atoms with Crippen LogP contribution in [-0.2, 0) is 11.3 Å². The van der Waals surface area contributed by atoms with Gasteiger partial charge in [-0.15, -0.1) is 0 Å². The number of aliphatic hydroxyl groups is 1. The van der Waals surface area contributed by atoms with Gasteiger partial charge in [0.05, 0.1) is 12.6 Å². The number of carbonyl (C=O) groups excluding carboxylic acids is 2. The minimum absolute atomic E-state index is 0.0104. The summed E-state index contributed by atoms with van der Waals surface area (Å²) in [5.41, 5.74) is 1.06. The smallest absolute Gasteiger partial charge is 0.251 e. The van der Waals surface area contributed by atoms with E-state index in [0.29, 0.717) is 18.0 Å². The quantitative estimate of drug-likeness (QED) is 0.717. The topological polar surface area (TPSA) is 78.4 Å². The molecule has 1 rings (SSSR count). The number of carbonyl (C=O) groups is 2. The van der Waals surface area contributed by atoms with Gasteiger partial charge in [-0.25, -0.2) is 0 Å². The van der Waals surface area contributed by atoms with Crippen LogP contribution >= 0.6 is 0 Å². The average molecular weight is 334 g/mol. The van der Waals surface area contributed by atoms with E-state index < -0.39 is 5.41 Å². The maximum absolute atomic E-state index is 12.2. The van der Waals surface area contributed by atoms with E-state index in [1.165, 1.54) is 0 Å². The lowest BCUT2D eigenvalue weighted by Gasteiger charge is -2.19. The zero-order valence-electron chi connectivity index (χ0n) is 15.3. The third-order valence-corrected chi connectivity index (χ3v) is 3.66. The molecule has 1 unspecified atom stereocenters. The highest BCUT2D eigenvalue weighted by atomic mass is 16.3. The molecule has 24 heavy (non-hydrogen) atoms. The third-order valence-electron chi connectivity index (χ3n) is 3.66. The molecule has 0 bridgehead atoms. The molecule has 0 aliphatic rings. The number of hydrogen-bond donors (Lipinski definition) is 3. The SMILES string of the molecule is CC(C)CC(CO)NC(=O)c1ccc(CNC(=O)C(C)(C)C)cc1. The fourth-order valence-corrected chi connectivity index (χ4v) is 2.24. The summed E-state index contributed by atoms with van der Waals surface area (Å²) in [7, 11) is 0. The van der Waals surface area contributed by atoms with Crippen LogP contribution in [0, 0.1) is 11.3 Å². The van der Waals surface area contributed by atoms with Crippen LogP contribution in [0.25, 0.3) is 0 Å². The maximum atomic E-state index is 12.2. The molecule has 0 aliphatic carbocycles. The molecule has 1 aromatic carbocycles. The van der Waals surface area contributed by atoms with Gasteiger partial charge in [0.15, 0.2) is 0 Å². The molecular weight excluding hydrogens is 304 g/mol. The van der Waals surface area contributed by atoms with Gasteiger partial charge >= 0.3 is 0 Å². The Labute approximate surface area is 144 Å². The number of hydrogen-bond acceptors (Lipinski definition) is 3.